The molecule has 0 spiro atoms. The highest BCUT2D eigenvalue weighted by atomic mass is 15.0. The fraction of sp³-hybridized carbons (Fsp3) is 0.571. The van der Waals surface area contributed by atoms with Crippen molar-refractivity contribution in [1.82, 2.24) is 20.3 Å². The highest BCUT2D eigenvalue weighted by Gasteiger charge is 2.12. The molecule has 1 atom stereocenters. The second kappa shape index (κ2) is 6.02. The number of rotatable bonds is 6. The first-order valence-corrected chi connectivity index (χ1v) is 7.19. The molecular weight excluding hydrogens is 238 g/mol. The minimum Gasteiger partial charge on any atom is -0.369 e. The molecule has 0 radical (unpaired) electrons. The van der Waals surface area contributed by atoms with Gasteiger partial charge >= 0.3 is 0 Å². The summed E-state index contributed by atoms with van der Waals surface area (Å²) in [6.07, 6.45) is 9.95. The van der Waals surface area contributed by atoms with Crippen molar-refractivity contribution in [2.75, 3.05) is 18.4 Å². The number of nitrogens with one attached hydrogen (secondary N) is 3. The van der Waals surface area contributed by atoms with Crippen molar-refractivity contribution in [2.24, 2.45) is 0 Å². The van der Waals surface area contributed by atoms with Crippen LogP contribution in [0.1, 0.15) is 32.1 Å². The number of hydrogen-bond acceptors (Lipinski definition) is 4. The summed E-state index contributed by atoms with van der Waals surface area (Å²) in [6.45, 7) is 2.18. The lowest BCUT2D eigenvalue weighted by Crippen LogP contribution is -2.21. The van der Waals surface area contributed by atoms with Crippen LogP contribution in [0.15, 0.2) is 18.6 Å². The van der Waals surface area contributed by atoms with Crippen LogP contribution in [-0.4, -0.2) is 34.1 Å². The summed E-state index contributed by atoms with van der Waals surface area (Å²) < 4.78 is 0. The number of anilines is 1. The predicted octanol–water partition coefficient (Wildman–Crippen LogP) is 2.29. The maximum atomic E-state index is 4.30. The van der Waals surface area contributed by atoms with Crippen LogP contribution in [0.2, 0.25) is 0 Å². The van der Waals surface area contributed by atoms with Crippen LogP contribution in [0.4, 0.5) is 5.82 Å². The van der Waals surface area contributed by atoms with Crippen LogP contribution in [-0.2, 0) is 0 Å². The molecule has 0 aromatic carbocycles. The van der Waals surface area contributed by atoms with E-state index in [1.54, 1.807) is 6.33 Å². The number of aromatic nitrogens is 3. The Hall–Kier alpha value is -1.62. The fourth-order valence-electron chi connectivity index (χ4n) is 2.74. The maximum absolute atomic E-state index is 4.30. The quantitative estimate of drug-likeness (QED) is 0.696. The van der Waals surface area contributed by atoms with Crippen LogP contribution in [0.3, 0.4) is 0 Å². The summed E-state index contributed by atoms with van der Waals surface area (Å²) in [4.78, 5) is 11.6. The van der Waals surface area contributed by atoms with Gasteiger partial charge < -0.3 is 15.6 Å². The standard InChI is InChI=1S/C14H21N5/c1(4-11-5-3-8-15-11)2-7-16-13-12-6-9-17-14(12)19-10-18-13/h6,9-11,15H,1-5,7-8H2,(H2,16,17,18,19)/t11-/m0/s1. The van der Waals surface area contributed by atoms with Crippen molar-refractivity contribution in [3.05, 3.63) is 18.6 Å². The van der Waals surface area contributed by atoms with E-state index in [9.17, 15) is 0 Å². The molecule has 0 saturated carbocycles. The molecule has 5 heteroatoms. The van der Waals surface area contributed by atoms with Gasteiger partial charge in [0.25, 0.3) is 0 Å². The third-order valence-electron chi connectivity index (χ3n) is 3.79. The third kappa shape index (κ3) is 3.04. The van der Waals surface area contributed by atoms with E-state index in [-0.39, 0.29) is 0 Å². The first kappa shape index (κ1) is 12.4. The van der Waals surface area contributed by atoms with Crippen LogP contribution >= 0.6 is 0 Å². The number of aromatic amines is 1. The molecule has 0 aliphatic carbocycles. The zero-order chi connectivity index (χ0) is 12.9. The molecule has 3 N–H and O–H groups in total. The molecule has 1 fully saturated rings. The summed E-state index contributed by atoms with van der Waals surface area (Å²) in [5.74, 6) is 0.935. The highest BCUT2D eigenvalue weighted by molar-refractivity contribution is 5.86. The Kier molecular flexibility index (Phi) is 3.93. The zero-order valence-corrected chi connectivity index (χ0v) is 11.2. The van der Waals surface area contributed by atoms with Crippen LogP contribution in [0, 0.1) is 0 Å². The van der Waals surface area contributed by atoms with Crippen molar-refractivity contribution in [3.8, 4) is 0 Å². The molecule has 5 nitrogen and oxygen atoms in total. The predicted molar refractivity (Wildman–Crippen MR) is 77.3 cm³/mol. The minimum absolute atomic E-state index is 0.760. The lowest BCUT2D eigenvalue weighted by atomic mass is 10.1. The summed E-state index contributed by atoms with van der Waals surface area (Å²) in [5, 5.41) is 8.02. The van der Waals surface area contributed by atoms with Gasteiger partial charge in [0, 0.05) is 18.8 Å². The maximum Gasteiger partial charge on any atom is 0.142 e. The Labute approximate surface area is 113 Å². The van der Waals surface area contributed by atoms with Crippen LogP contribution in [0.5, 0.6) is 0 Å². The first-order valence-electron chi connectivity index (χ1n) is 7.19. The van der Waals surface area contributed by atoms with Crippen LogP contribution < -0.4 is 10.6 Å². The molecular formula is C14H21N5. The van der Waals surface area contributed by atoms with E-state index in [2.05, 4.69) is 25.6 Å². The molecule has 1 saturated heterocycles. The fourth-order valence-corrected chi connectivity index (χ4v) is 2.74. The average molecular weight is 259 g/mol. The molecule has 2 aromatic heterocycles. The number of unbranched alkanes of at least 4 members (excludes halogenated alkanes) is 1. The lowest BCUT2D eigenvalue weighted by Gasteiger charge is -2.10. The van der Waals surface area contributed by atoms with Gasteiger partial charge in [-0.2, -0.15) is 0 Å². The van der Waals surface area contributed by atoms with Gasteiger partial charge in [-0.05, 0) is 38.3 Å². The molecule has 102 valence electrons. The Morgan fingerprint density at radius 1 is 1.32 bits per heavy atom. The van der Waals surface area contributed by atoms with Crippen molar-refractivity contribution in [3.63, 3.8) is 0 Å². The monoisotopic (exact) mass is 259 g/mol. The topological polar surface area (TPSA) is 65.6 Å². The van der Waals surface area contributed by atoms with Crippen molar-refractivity contribution in [2.45, 2.75) is 38.1 Å². The van der Waals surface area contributed by atoms with Gasteiger partial charge in [0.1, 0.15) is 17.8 Å². The van der Waals surface area contributed by atoms with E-state index in [1.165, 1.54) is 38.6 Å². The van der Waals surface area contributed by atoms with Gasteiger partial charge in [0.2, 0.25) is 0 Å². The van der Waals surface area contributed by atoms with E-state index in [0.29, 0.717) is 0 Å². The molecule has 1 aliphatic heterocycles. The largest absolute Gasteiger partial charge is 0.369 e. The SMILES string of the molecule is c1nc(NCCCC[C@H]2CCCN2)c2cc[nH]c2n1. The van der Waals surface area contributed by atoms with E-state index in [0.717, 1.165) is 29.4 Å². The lowest BCUT2D eigenvalue weighted by molar-refractivity contribution is 0.528. The number of hydrogen-bond donors (Lipinski definition) is 3. The van der Waals surface area contributed by atoms with E-state index in [1.807, 2.05) is 12.3 Å². The number of fused-ring (bicyclic) bond motifs is 1. The summed E-state index contributed by atoms with van der Waals surface area (Å²) >= 11 is 0. The average Bonchev–Trinajstić information content (AvgIpc) is 3.09. The number of H-pyrrole nitrogens is 1. The summed E-state index contributed by atoms with van der Waals surface area (Å²) in [5.41, 5.74) is 0.896. The number of nitrogens with zero attached hydrogens (tertiary/aromatic N) is 2. The zero-order valence-electron chi connectivity index (χ0n) is 11.2. The normalized spacial score (nSPS) is 19.1. The van der Waals surface area contributed by atoms with Gasteiger partial charge in [0.05, 0.1) is 5.39 Å². The second-order valence-corrected chi connectivity index (χ2v) is 5.18. The molecule has 2 aromatic rings. The molecule has 3 heterocycles. The van der Waals surface area contributed by atoms with E-state index in [4.69, 9.17) is 0 Å². The van der Waals surface area contributed by atoms with Gasteiger partial charge in [0.15, 0.2) is 0 Å². The van der Waals surface area contributed by atoms with Crippen molar-refractivity contribution in [1.29, 1.82) is 0 Å². The third-order valence-corrected chi connectivity index (χ3v) is 3.79. The second-order valence-electron chi connectivity index (χ2n) is 5.18. The minimum atomic E-state index is 0.760. The Bertz CT molecular complexity index is 515. The highest BCUT2D eigenvalue weighted by Crippen LogP contribution is 2.17. The van der Waals surface area contributed by atoms with E-state index >= 15 is 0 Å². The molecule has 0 unspecified atom stereocenters. The van der Waals surface area contributed by atoms with E-state index < -0.39 is 0 Å². The first-order chi connectivity index (χ1) is 9.43. The molecule has 3 rings (SSSR count). The molecule has 19 heavy (non-hydrogen) atoms. The molecule has 0 bridgehead atoms. The molecule has 0 amide bonds. The van der Waals surface area contributed by atoms with Gasteiger partial charge in [-0.15, -0.1) is 0 Å². The Morgan fingerprint density at radius 2 is 2.32 bits per heavy atom. The van der Waals surface area contributed by atoms with Crippen molar-refractivity contribution < 1.29 is 0 Å². The molecule has 1 aliphatic rings. The van der Waals surface area contributed by atoms with Gasteiger partial charge in [-0.1, -0.05) is 6.42 Å². The van der Waals surface area contributed by atoms with Crippen LogP contribution in [0.25, 0.3) is 11.0 Å². The van der Waals surface area contributed by atoms with Gasteiger partial charge in [-0.3, -0.25) is 0 Å². The smallest absolute Gasteiger partial charge is 0.142 e. The summed E-state index contributed by atoms with van der Waals surface area (Å²) in [6, 6.07) is 2.77. The van der Waals surface area contributed by atoms with Gasteiger partial charge in [-0.25, -0.2) is 9.97 Å². The Balaban J connectivity index is 1.43. The summed E-state index contributed by atoms with van der Waals surface area (Å²) in [7, 11) is 0. The Morgan fingerprint density at radius 3 is 3.21 bits per heavy atom. The van der Waals surface area contributed by atoms with Crippen molar-refractivity contribution >= 4 is 16.9 Å².